The number of fused-ring (bicyclic) bond motifs is 3. The fourth-order valence-electron chi connectivity index (χ4n) is 4.88. The number of aromatic nitrogens is 4. The quantitative estimate of drug-likeness (QED) is 0.705. The van der Waals surface area contributed by atoms with Gasteiger partial charge in [-0.2, -0.15) is 5.26 Å². The molecule has 29 heavy (non-hydrogen) atoms. The van der Waals surface area contributed by atoms with Crippen LogP contribution in [0.3, 0.4) is 0 Å². The predicted octanol–water partition coefficient (Wildman–Crippen LogP) is 3.16. The van der Waals surface area contributed by atoms with E-state index in [0.29, 0.717) is 31.5 Å². The Morgan fingerprint density at radius 3 is 2.76 bits per heavy atom. The minimum absolute atomic E-state index is 0. The summed E-state index contributed by atoms with van der Waals surface area (Å²) in [6.45, 7) is 0.964. The Morgan fingerprint density at radius 2 is 2.07 bits per heavy atom. The number of imidazole rings is 1. The van der Waals surface area contributed by atoms with E-state index in [1.54, 1.807) is 0 Å². The van der Waals surface area contributed by atoms with Gasteiger partial charge < -0.3 is 9.55 Å². The third-order valence-electron chi connectivity index (χ3n) is 6.51. The molecular weight excluding hydrogens is 388 g/mol. The topological polar surface area (TPSA) is 108 Å². The Kier molecular flexibility index (Phi) is 4.37. The Morgan fingerprint density at radius 1 is 1.31 bits per heavy atom. The second kappa shape index (κ2) is 6.82. The molecule has 1 aliphatic heterocycles. The molecule has 0 radical (unpaired) electrons. The molecule has 9 heteroatoms. The first-order chi connectivity index (χ1) is 14.0. The van der Waals surface area contributed by atoms with Crippen LogP contribution in [-0.2, 0) is 10.0 Å². The molecule has 0 spiro atoms. The molecule has 0 unspecified atom stereocenters. The first-order valence-corrected chi connectivity index (χ1v) is 12.0. The molecule has 1 N–H and O–H groups in total. The number of nitrogens with zero attached hydrogens (tertiary/aromatic N) is 5. The zero-order valence-corrected chi connectivity index (χ0v) is 17.2. The molecule has 1 saturated carbocycles. The van der Waals surface area contributed by atoms with Gasteiger partial charge in [0, 0.05) is 44.5 Å². The van der Waals surface area contributed by atoms with Crippen molar-refractivity contribution >= 4 is 32.1 Å². The van der Waals surface area contributed by atoms with Gasteiger partial charge in [0.15, 0.2) is 0 Å². The lowest BCUT2D eigenvalue weighted by Gasteiger charge is -2.38. The van der Waals surface area contributed by atoms with Gasteiger partial charge in [0.1, 0.15) is 17.0 Å². The average molecular weight is 415 g/mol. The molecule has 0 aromatic carbocycles. The van der Waals surface area contributed by atoms with E-state index in [1.807, 2.05) is 18.5 Å². The standard InChI is InChI=1S/C20H24N6O2S.H2/c1-29(27,28)25-11-14(12-25)20-24-17-10-23-19-16(7-9-22-19)18(17)26(20)15-4-2-13(3-5-15)6-8-21;/h7,9-10,13-15H,2-6,11-12H2,1H3,(H,22,23);1H. The Bertz CT molecular complexity index is 1210. The van der Waals surface area contributed by atoms with Crippen LogP contribution in [0.25, 0.3) is 22.1 Å². The molecule has 8 nitrogen and oxygen atoms in total. The van der Waals surface area contributed by atoms with Gasteiger partial charge in [-0.1, -0.05) is 0 Å². The first kappa shape index (κ1) is 18.6. The van der Waals surface area contributed by atoms with Crippen LogP contribution in [0.4, 0.5) is 0 Å². The molecule has 0 atom stereocenters. The van der Waals surface area contributed by atoms with Crippen LogP contribution in [-0.4, -0.2) is 51.6 Å². The maximum absolute atomic E-state index is 11.8. The summed E-state index contributed by atoms with van der Waals surface area (Å²) < 4.78 is 27.6. The summed E-state index contributed by atoms with van der Waals surface area (Å²) in [5.41, 5.74) is 2.80. The summed E-state index contributed by atoms with van der Waals surface area (Å²) in [7, 11) is -3.17. The van der Waals surface area contributed by atoms with Crippen molar-refractivity contribution in [1.29, 1.82) is 5.26 Å². The van der Waals surface area contributed by atoms with Crippen molar-refractivity contribution in [2.24, 2.45) is 5.92 Å². The molecule has 2 aliphatic rings. The molecule has 0 amide bonds. The fraction of sp³-hybridized carbons (Fsp3) is 0.550. The van der Waals surface area contributed by atoms with Crippen molar-refractivity contribution in [2.45, 2.75) is 44.1 Å². The Balaban J connectivity index is 0.00000218. The molecule has 2 fully saturated rings. The van der Waals surface area contributed by atoms with Gasteiger partial charge in [-0.25, -0.2) is 22.7 Å². The third-order valence-corrected chi connectivity index (χ3v) is 7.74. The first-order valence-electron chi connectivity index (χ1n) is 10.1. The molecule has 1 aliphatic carbocycles. The van der Waals surface area contributed by atoms with Crippen molar-refractivity contribution in [3.05, 3.63) is 24.3 Å². The molecule has 0 bridgehead atoms. The zero-order chi connectivity index (χ0) is 20.2. The van der Waals surface area contributed by atoms with Crippen LogP contribution in [0.1, 0.15) is 51.3 Å². The van der Waals surface area contributed by atoms with Crippen LogP contribution < -0.4 is 0 Å². The molecule has 5 rings (SSSR count). The minimum Gasteiger partial charge on any atom is -0.346 e. The Labute approximate surface area is 171 Å². The number of nitrogens with one attached hydrogen (secondary N) is 1. The van der Waals surface area contributed by atoms with Gasteiger partial charge in [0.25, 0.3) is 0 Å². The molecular formula is C20H26N6O2S. The van der Waals surface area contributed by atoms with E-state index in [0.717, 1.165) is 53.6 Å². The molecule has 1 saturated heterocycles. The van der Waals surface area contributed by atoms with Crippen molar-refractivity contribution in [3.8, 4) is 6.07 Å². The monoisotopic (exact) mass is 414 g/mol. The molecule has 3 aromatic rings. The van der Waals surface area contributed by atoms with E-state index in [-0.39, 0.29) is 7.34 Å². The van der Waals surface area contributed by atoms with Gasteiger partial charge in [0.05, 0.1) is 24.0 Å². The van der Waals surface area contributed by atoms with Crippen LogP contribution in [0.15, 0.2) is 18.5 Å². The highest BCUT2D eigenvalue weighted by Gasteiger charge is 2.39. The van der Waals surface area contributed by atoms with Gasteiger partial charge in [0.2, 0.25) is 10.0 Å². The van der Waals surface area contributed by atoms with E-state index in [9.17, 15) is 8.42 Å². The number of aromatic amines is 1. The number of pyridine rings is 1. The third kappa shape index (κ3) is 3.11. The summed E-state index contributed by atoms with van der Waals surface area (Å²) in [5, 5.41) is 10.1. The van der Waals surface area contributed by atoms with Crippen molar-refractivity contribution in [1.82, 2.24) is 23.8 Å². The lowest BCUT2D eigenvalue weighted by atomic mass is 9.84. The highest BCUT2D eigenvalue weighted by Crippen LogP contribution is 2.40. The lowest BCUT2D eigenvalue weighted by Crippen LogP contribution is -2.48. The predicted molar refractivity (Wildman–Crippen MR) is 112 cm³/mol. The van der Waals surface area contributed by atoms with Gasteiger partial charge in [-0.05, 0) is 37.7 Å². The summed E-state index contributed by atoms with van der Waals surface area (Å²) in [5.74, 6) is 1.55. The SMILES string of the molecule is CS(=O)(=O)N1CC(c2nc3cnc4[nH]ccc4c3n2C2CCC(CC#N)CC2)C1.[HH]. The maximum atomic E-state index is 11.8. The average Bonchev–Trinajstić information content (AvgIpc) is 3.24. The highest BCUT2D eigenvalue weighted by atomic mass is 32.2. The second-order valence-corrected chi connectivity index (χ2v) is 10.4. The summed E-state index contributed by atoms with van der Waals surface area (Å²) >= 11 is 0. The molecule has 3 aromatic heterocycles. The van der Waals surface area contributed by atoms with E-state index in [1.165, 1.54) is 10.6 Å². The number of nitriles is 1. The Hall–Kier alpha value is -2.44. The fourth-order valence-corrected chi connectivity index (χ4v) is 5.78. The highest BCUT2D eigenvalue weighted by molar-refractivity contribution is 7.88. The van der Waals surface area contributed by atoms with E-state index in [2.05, 4.69) is 20.6 Å². The van der Waals surface area contributed by atoms with Crippen molar-refractivity contribution in [3.63, 3.8) is 0 Å². The number of H-pyrrole nitrogens is 1. The van der Waals surface area contributed by atoms with Crippen LogP contribution in [0.2, 0.25) is 0 Å². The molecule has 154 valence electrons. The smallest absolute Gasteiger partial charge is 0.211 e. The van der Waals surface area contributed by atoms with Gasteiger partial charge in [-0.15, -0.1) is 0 Å². The van der Waals surface area contributed by atoms with Crippen LogP contribution >= 0.6 is 0 Å². The van der Waals surface area contributed by atoms with Gasteiger partial charge >= 0.3 is 0 Å². The van der Waals surface area contributed by atoms with Crippen molar-refractivity contribution < 1.29 is 9.84 Å². The number of hydrogen-bond acceptors (Lipinski definition) is 5. The summed E-state index contributed by atoms with van der Waals surface area (Å²) in [6, 6.07) is 4.67. The van der Waals surface area contributed by atoms with Gasteiger partial charge in [-0.3, -0.25) is 0 Å². The van der Waals surface area contributed by atoms with Crippen LogP contribution in [0.5, 0.6) is 0 Å². The summed E-state index contributed by atoms with van der Waals surface area (Å²) in [4.78, 5) is 12.6. The summed E-state index contributed by atoms with van der Waals surface area (Å²) in [6.07, 6.45) is 9.70. The number of hydrogen-bond donors (Lipinski definition) is 1. The van der Waals surface area contributed by atoms with Crippen LogP contribution in [0, 0.1) is 17.2 Å². The zero-order valence-electron chi connectivity index (χ0n) is 16.4. The molecule has 4 heterocycles. The number of rotatable bonds is 4. The van der Waals surface area contributed by atoms with E-state index >= 15 is 0 Å². The van der Waals surface area contributed by atoms with E-state index in [4.69, 9.17) is 10.2 Å². The van der Waals surface area contributed by atoms with E-state index < -0.39 is 10.0 Å². The minimum atomic E-state index is -3.17. The van der Waals surface area contributed by atoms with Crippen molar-refractivity contribution in [2.75, 3.05) is 19.3 Å². The number of sulfonamides is 1. The lowest BCUT2D eigenvalue weighted by molar-refractivity contribution is 0.234. The maximum Gasteiger partial charge on any atom is 0.211 e. The second-order valence-electron chi connectivity index (χ2n) is 8.39. The normalized spacial score (nSPS) is 24.0. The largest absolute Gasteiger partial charge is 0.346 e.